The summed E-state index contributed by atoms with van der Waals surface area (Å²) in [5.74, 6) is -4.25. The summed E-state index contributed by atoms with van der Waals surface area (Å²) in [7, 11) is 0. The summed E-state index contributed by atoms with van der Waals surface area (Å²) >= 11 is 2.62. The first-order valence-electron chi connectivity index (χ1n) is 20.7. The van der Waals surface area contributed by atoms with Crippen LogP contribution < -0.4 is 27.8 Å². The van der Waals surface area contributed by atoms with Gasteiger partial charge in [0.25, 0.3) is 11.8 Å². The summed E-state index contributed by atoms with van der Waals surface area (Å²) in [4.78, 5) is 97.6. The van der Waals surface area contributed by atoms with Crippen molar-refractivity contribution in [2.75, 3.05) is 18.0 Å². The van der Waals surface area contributed by atoms with Gasteiger partial charge in [0.1, 0.15) is 10.0 Å². The number of carbonyl (C=O) groups excluding carboxylic acids is 6. The fraction of sp³-hybridized carbons (Fsp3) is 0.571. The lowest BCUT2D eigenvalue weighted by molar-refractivity contribution is -0.166. The van der Waals surface area contributed by atoms with E-state index in [9.17, 15) is 28.8 Å². The van der Waals surface area contributed by atoms with Crippen molar-refractivity contribution in [3.05, 3.63) is 62.0 Å². The molecule has 4 amide bonds. The van der Waals surface area contributed by atoms with Gasteiger partial charge in [0.2, 0.25) is 11.1 Å². The lowest BCUT2D eigenvalue weighted by Crippen LogP contribution is -2.76. The van der Waals surface area contributed by atoms with Crippen LogP contribution in [0.4, 0.5) is 15.3 Å². The third kappa shape index (κ3) is 6.19. The highest BCUT2D eigenvalue weighted by molar-refractivity contribution is 7.10. The van der Waals surface area contributed by atoms with Crippen LogP contribution in [0.25, 0.3) is 0 Å². The Morgan fingerprint density at radius 2 is 1.07 bits per heavy atom. The number of nitrogens with zero attached hydrogens (tertiary/aromatic N) is 5. The number of nitrogens with two attached hydrogens (primary N) is 4. The van der Waals surface area contributed by atoms with Crippen LogP contribution in [0.2, 0.25) is 0 Å². The minimum Gasteiger partial charge on any atom is -0.375 e. The summed E-state index contributed by atoms with van der Waals surface area (Å²) in [5, 5.41) is 4.78. The molecule has 8 atom stereocenters. The molecule has 8 rings (SSSR count). The molecule has 0 spiro atoms. The van der Waals surface area contributed by atoms with Crippen LogP contribution in [-0.2, 0) is 57.7 Å². The van der Waals surface area contributed by atoms with Gasteiger partial charge in [0.05, 0.1) is 22.2 Å². The van der Waals surface area contributed by atoms with Crippen molar-refractivity contribution in [3.8, 4) is 0 Å². The van der Waals surface area contributed by atoms with E-state index in [4.69, 9.17) is 42.4 Å². The lowest BCUT2D eigenvalue weighted by atomic mass is 9.67. The lowest BCUT2D eigenvalue weighted by Gasteiger charge is -2.52. The SMILES string of the molecule is CC(C)(C)c1ccc(N2C(C3CCCN3[C@@](C(N)=O)(C(=O)OC(N)=O)C3(C)Cc4csc3n4)CC[C@@H]2C2CCCN2[C@@](C(N)=O)(C(=O)OC(N)=O)C2(C)Cc3csc2n3)cc1. The van der Waals surface area contributed by atoms with E-state index >= 15 is 0 Å². The Morgan fingerprint density at radius 1 is 0.656 bits per heavy atom. The third-order valence-electron chi connectivity index (χ3n) is 14.3. The van der Waals surface area contributed by atoms with E-state index in [-0.39, 0.29) is 43.4 Å². The second kappa shape index (κ2) is 14.8. The maximum Gasteiger partial charge on any atom is 0.412 e. The van der Waals surface area contributed by atoms with Gasteiger partial charge in [-0.2, -0.15) is 0 Å². The summed E-state index contributed by atoms with van der Waals surface area (Å²) < 4.78 is 10.3. The van der Waals surface area contributed by atoms with Crippen molar-refractivity contribution >= 4 is 64.3 Å². The number of ether oxygens (including phenoxy) is 2. The van der Waals surface area contributed by atoms with Crippen LogP contribution in [0.1, 0.15) is 100 Å². The number of amides is 4. The van der Waals surface area contributed by atoms with Gasteiger partial charge < -0.3 is 37.3 Å². The van der Waals surface area contributed by atoms with Crippen LogP contribution in [0.3, 0.4) is 0 Å². The number of primary amides is 4. The average Bonchev–Trinajstić information content (AvgIpc) is 4.02. The molecule has 1 aromatic carbocycles. The molecule has 61 heavy (non-hydrogen) atoms. The van der Waals surface area contributed by atoms with Crippen molar-refractivity contribution in [1.29, 1.82) is 0 Å². The molecule has 0 saturated carbocycles. The zero-order valence-electron chi connectivity index (χ0n) is 35.0. The molecule has 0 radical (unpaired) electrons. The quantitative estimate of drug-likeness (QED) is 0.160. The Morgan fingerprint density at radius 3 is 1.38 bits per heavy atom. The van der Waals surface area contributed by atoms with Crippen molar-refractivity contribution in [2.24, 2.45) is 22.9 Å². The minimum absolute atomic E-state index is 0.158. The molecule has 8 N–H and O–H groups in total. The van der Waals surface area contributed by atoms with Crippen LogP contribution in [-0.4, -0.2) is 104 Å². The molecule has 3 aromatic rings. The van der Waals surface area contributed by atoms with Crippen LogP contribution in [0, 0.1) is 0 Å². The van der Waals surface area contributed by atoms with Crippen LogP contribution in [0.15, 0.2) is 35.0 Å². The fourth-order valence-electron chi connectivity index (χ4n) is 11.8. The monoisotopic (exact) mass is 875 g/mol. The van der Waals surface area contributed by atoms with Gasteiger partial charge in [-0.3, -0.25) is 19.4 Å². The van der Waals surface area contributed by atoms with Crippen molar-refractivity contribution in [2.45, 2.75) is 137 Å². The number of benzene rings is 1. The summed E-state index contributed by atoms with van der Waals surface area (Å²) in [5.41, 5.74) is 20.0. The molecule has 3 fully saturated rings. The number of likely N-dealkylation sites (tertiary alicyclic amines) is 2. The van der Waals surface area contributed by atoms with Crippen molar-refractivity contribution in [3.63, 3.8) is 0 Å². The maximum atomic E-state index is 14.6. The molecular formula is C42H53N9O8S2. The minimum atomic E-state index is -2.17. The molecule has 19 heteroatoms. The number of thiazole rings is 2. The molecule has 4 bridgehead atoms. The highest BCUT2D eigenvalue weighted by Gasteiger charge is 2.71. The zero-order valence-corrected chi connectivity index (χ0v) is 36.6. The zero-order chi connectivity index (χ0) is 44.0. The number of rotatable bonds is 11. The van der Waals surface area contributed by atoms with Gasteiger partial charge in [-0.05, 0) is 75.5 Å². The maximum absolute atomic E-state index is 14.6. The largest absolute Gasteiger partial charge is 0.412 e. The molecule has 5 aliphatic heterocycles. The number of esters is 2. The fourth-order valence-corrected chi connectivity index (χ4v) is 13.8. The van der Waals surface area contributed by atoms with Crippen LogP contribution in [0.5, 0.6) is 0 Å². The molecule has 0 aliphatic carbocycles. The van der Waals surface area contributed by atoms with Gasteiger partial charge in [0.15, 0.2) is 0 Å². The van der Waals surface area contributed by atoms with Gasteiger partial charge in [-0.15, -0.1) is 22.7 Å². The van der Waals surface area contributed by atoms with Crippen molar-refractivity contribution < 1.29 is 38.2 Å². The predicted molar refractivity (Wildman–Crippen MR) is 225 cm³/mol. The Labute approximate surface area is 361 Å². The standard InChI is InChI=1S/C42H53N9O8S2/c1-38(2,3)22-10-12-25(13-11-22)51-28(26-8-6-16-49(26)41(30(43)52,34(54)58-36(45)56)39(4)18-23-20-60-32(39)47-23)14-15-29(51)27-9-7-17-50(27)42(31(44)53,35(55)59-37(46)57)40(5)19-24-21-61-33(40)48-24/h10-13,20-21,26-29H,6-9,14-19H2,1-5H3,(H2,43,52)(H2,44,53)(H2,45,56)(H2,46,57)/t26?,27?,28-,29?,39?,40?,41+,42+/m1/s1. The molecule has 2 aromatic heterocycles. The summed E-state index contributed by atoms with van der Waals surface area (Å²) in [6, 6.07) is 6.55. The van der Waals surface area contributed by atoms with E-state index < -0.39 is 69.9 Å². The first-order valence-corrected chi connectivity index (χ1v) is 22.4. The van der Waals surface area contributed by atoms with Gasteiger partial charge in [-0.1, -0.05) is 32.9 Å². The van der Waals surface area contributed by atoms with Gasteiger partial charge >= 0.3 is 24.1 Å². The number of carbonyl (C=O) groups is 6. The number of hydrogen-bond acceptors (Lipinski definition) is 15. The first kappa shape index (κ1) is 42.7. The second-order valence-corrected chi connectivity index (χ2v) is 20.3. The van der Waals surface area contributed by atoms with Gasteiger partial charge in [-0.25, -0.2) is 29.1 Å². The molecule has 7 heterocycles. The van der Waals surface area contributed by atoms with E-state index in [0.717, 1.165) is 11.3 Å². The Balaban J connectivity index is 1.27. The number of anilines is 1. The molecular weight excluding hydrogens is 823 g/mol. The smallest absolute Gasteiger partial charge is 0.375 e. The van der Waals surface area contributed by atoms with E-state index in [0.29, 0.717) is 59.9 Å². The number of aromatic nitrogens is 2. The first-order chi connectivity index (χ1) is 28.7. The molecule has 17 nitrogen and oxygen atoms in total. The van der Waals surface area contributed by atoms with E-state index in [1.165, 1.54) is 22.7 Å². The Bertz CT molecular complexity index is 2180. The predicted octanol–water partition coefficient (Wildman–Crippen LogP) is 2.88. The summed E-state index contributed by atoms with van der Waals surface area (Å²) in [6.45, 7) is 10.5. The van der Waals surface area contributed by atoms with Crippen LogP contribution >= 0.6 is 22.7 Å². The third-order valence-corrected chi connectivity index (χ3v) is 16.6. The van der Waals surface area contributed by atoms with E-state index in [2.05, 4.69) is 49.9 Å². The Kier molecular flexibility index (Phi) is 10.4. The van der Waals surface area contributed by atoms with Crippen molar-refractivity contribution in [1.82, 2.24) is 19.8 Å². The second-order valence-electron chi connectivity index (χ2n) is 18.6. The Hall–Kier alpha value is -4.98. The van der Waals surface area contributed by atoms with Gasteiger partial charge in [0, 0.05) is 66.5 Å². The number of hydrogen-bond donors (Lipinski definition) is 4. The average molecular weight is 876 g/mol. The normalized spacial score (nSPS) is 29.3. The highest BCUT2D eigenvalue weighted by Crippen LogP contribution is 2.54. The molecule has 5 unspecified atom stereocenters. The van der Waals surface area contributed by atoms with E-state index in [1.807, 2.05) is 20.6 Å². The molecule has 326 valence electrons. The molecule has 5 aliphatic rings. The topological polar surface area (TPSA) is 260 Å². The number of fused-ring (bicyclic) bond motifs is 4. The highest BCUT2D eigenvalue weighted by atomic mass is 32.1. The summed E-state index contributed by atoms with van der Waals surface area (Å²) in [6.07, 6.45) is 1.15. The molecule has 3 saturated heterocycles. The van der Waals surface area contributed by atoms with E-state index in [1.54, 1.807) is 13.8 Å².